The molecule has 3 rings (SSSR count). The molecule has 4 nitrogen and oxygen atoms in total. The number of carbonyl (C=O) groups is 1. The first kappa shape index (κ1) is 13.0. The van der Waals surface area contributed by atoms with E-state index < -0.39 is 5.91 Å². The summed E-state index contributed by atoms with van der Waals surface area (Å²) in [6, 6.07) is 17.1. The van der Waals surface area contributed by atoms with Gasteiger partial charge in [0.2, 0.25) is 0 Å². The van der Waals surface area contributed by atoms with Crippen molar-refractivity contribution >= 4 is 22.4 Å². The number of fused-ring (bicyclic) bond motifs is 1. The van der Waals surface area contributed by atoms with Crippen LogP contribution in [0.2, 0.25) is 0 Å². The Kier molecular flexibility index (Phi) is 3.20. The zero-order valence-electron chi connectivity index (χ0n) is 11.1. The second kappa shape index (κ2) is 5.17. The Bertz CT molecular complexity index is 827. The van der Waals surface area contributed by atoms with Crippen molar-refractivity contribution in [1.29, 1.82) is 0 Å². The lowest BCUT2D eigenvalue weighted by Gasteiger charge is -2.10. The van der Waals surface area contributed by atoms with E-state index in [0.717, 1.165) is 5.39 Å². The van der Waals surface area contributed by atoms with Crippen LogP contribution in [0.5, 0.6) is 11.5 Å². The van der Waals surface area contributed by atoms with Crippen molar-refractivity contribution in [2.75, 3.05) is 5.32 Å². The van der Waals surface area contributed by atoms with Crippen LogP contribution in [0.15, 0.2) is 60.7 Å². The Hall–Kier alpha value is -3.01. The summed E-state index contributed by atoms with van der Waals surface area (Å²) in [5.41, 5.74) is 0.465. The molecule has 0 fully saturated rings. The van der Waals surface area contributed by atoms with E-state index in [1.807, 2.05) is 12.1 Å². The number of phenolic OH excluding ortho intramolecular Hbond substituents is 2. The number of phenols is 2. The molecule has 0 bridgehead atoms. The summed E-state index contributed by atoms with van der Waals surface area (Å²) < 4.78 is 0. The minimum Gasteiger partial charge on any atom is -0.506 e. The molecule has 3 N–H and O–H groups in total. The fraction of sp³-hybridized carbons (Fsp3) is 0. The molecule has 4 heteroatoms. The molecule has 0 spiro atoms. The van der Waals surface area contributed by atoms with Gasteiger partial charge in [0.1, 0.15) is 11.5 Å². The zero-order valence-corrected chi connectivity index (χ0v) is 11.1. The lowest BCUT2D eigenvalue weighted by Crippen LogP contribution is -2.12. The Labute approximate surface area is 121 Å². The second-order valence-electron chi connectivity index (χ2n) is 4.65. The van der Waals surface area contributed by atoms with Gasteiger partial charge in [-0.3, -0.25) is 4.79 Å². The van der Waals surface area contributed by atoms with E-state index >= 15 is 0 Å². The fourth-order valence-electron chi connectivity index (χ4n) is 2.21. The fourth-order valence-corrected chi connectivity index (χ4v) is 2.21. The first-order valence-electron chi connectivity index (χ1n) is 6.47. The Balaban J connectivity index is 1.99. The van der Waals surface area contributed by atoms with E-state index in [4.69, 9.17) is 0 Å². The van der Waals surface area contributed by atoms with Gasteiger partial charge in [-0.2, -0.15) is 0 Å². The number of para-hydroxylation sites is 2. The molecule has 0 atom stereocenters. The van der Waals surface area contributed by atoms with Gasteiger partial charge in [-0.1, -0.05) is 42.5 Å². The minimum absolute atomic E-state index is 0.0221. The molecule has 0 radical (unpaired) electrons. The van der Waals surface area contributed by atoms with Crippen LogP contribution in [-0.2, 0) is 0 Å². The predicted molar refractivity (Wildman–Crippen MR) is 81.7 cm³/mol. The number of rotatable bonds is 2. The third kappa shape index (κ3) is 2.39. The molecule has 0 aliphatic heterocycles. The van der Waals surface area contributed by atoms with Gasteiger partial charge >= 0.3 is 0 Å². The minimum atomic E-state index is -0.472. The molecule has 21 heavy (non-hydrogen) atoms. The van der Waals surface area contributed by atoms with Crippen molar-refractivity contribution in [3.05, 3.63) is 66.2 Å². The highest BCUT2D eigenvalue weighted by Crippen LogP contribution is 2.30. The quantitative estimate of drug-likeness (QED) is 0.629. The van der Waals surface area contributed by atoms with E-state index in [1.165, 1.54) is 6.07 Å². The van der Waals surface area contributed by atoms with Crippen LogP contribution in [-0.4, -0.2) is 16.1 Å². The first-order valence-corrected chi connectivity index (χ1v) is 6.47. The van der Waals surface area contributed by atoms with Crippen LogP contribution < -0.4 is 5.32 Å². The molecule has 0 aromatic heterocycles. The van der Waals surface area contributed by atoms with E-state index in [-0.39, 0.29) is 17.1 Å². The van der Waals surface area contributed by atoms with Crippen LogP contribution in [0, 0.1) is 0 Å². The molecule has 104 valence electrons. The average Bonchev–Trinajstić information content (AvgIpc) is 2.50. The van der Waals surface area contributed by atoms with Gasteiger partial charge in [-0.15, -0.1) is 0 Å². The summed E-state index contributed by atoms with van der Waals surface area (Å²) in [5.74, 6) is -0.563. The van der Waals surface area contributed by atoms with Crippen molar-refractivity contribution in [3.63, 3.8) is 0 Å². The Morgan fingerprint density at radius 2 is 1.57 bits per heavy atom. The standard InChI is InChI=1S/C17H13NO3/c19-15-8-4-3-7-14(15)18-17(21)13-10-9-11-5-1-2-6-12(11)16(13)20/h1-10,19-20H,(H,18,21). The number of benzene rings is 3. The molecule has 0 saturated carbocycles. The van der Waals surface area contributed by atoms with Gasteiger partial charge in [-0.05, 0) is 23.6 Å². The highest BCUT2D eigenvalue weighted by atomic mass is 16.3. The summed E-state index contributed by atoms with van der Waals surface area (Å²) in [7, 11) is 0. The van der Waals surface area contributed by atoms with E-state index in [9.17, 15) is 15.0 Å². The third-order valence-corrected chi connectivity index (χ3v) is 3.30. The Morgan fingerprint density at radius 1 is 0.857 bits per heavy atom. The summed E-state index contributed by atoms with van der Waals surface area (Å²) >= 11 is 0. The summed E-state index contributed by atoms with van der Waals surface area (Å²) in [6.07, 6.45) is 0. The van der Waals surface area contributed by atoms with Gasteiger partial charge in [0.25, 0.3) is 5.91 Å². The third-order valence-electron chi connectivity index (χ3n) is 3.30. The number of nitrogens with one attached hydrogen (secondary N) is 1. The zero-order chi connectivity index (χ0) is 14.8. The van der Waals surface area contributed by atoms with Crippen LogP contribution >= 0.6 is 0 Å². The maximum Gasteiger partial charge on any atom is 0.259 e. The molecular weight excluding hydrogens is 266 g/mol. The molecule has 0 saturated heterocycles. The van der Waals surface area contributed by atoms with Gasteiger partial charge in [-0.25, -0.2) is 0 Å². The number of hydrogen-bond acceptors (Lipinski definition) is 3. The normalized spacial score (nSPS) is 10.5. The monoisotopic (exact) mass is 279 g/mol. The molecule has 0 aliphatic rings. The second-order valence-corrected chi connectivity index (χ2v) is 4.65. The molecule has 1 amide bonds. The summed E-state index contributed by atoms with van der Waals surface area (Å²) in [4.78, 5) is 12.2. The smallest absolute Gasteiger partial charge is 0.259 e. The molecule has 0 aliphatic carbocycles. The van der Waals surface area contributed by atoms with Gasteiger partial charge in [0, 0.05) is 5.39 Å². The average molecular weight is 279 g/mol. The van der Waals surface area contributed by atoms with Gasteiger partial charge in [0.05, 0.1) is 11.3 Å². The maximum atomic E-state index is 12.2. The number of hydrogen-bond donors (Lipinski definition) is 3. The molecule has 0 unspecified atom stereocenters. The molecular formula is C17H13NO3. The van der Waals surface area contributed by atoms with Crippen molar-refractivity contribution in [2.45, 2.75) is 0 Å². The lowest BCUT2D eigenvalue weighted by atomic mass is 10.0. The van der Waals surface area contributed by atoms with Crippen LogP contribution in [0.4, 0.5) is 5.69 Å². The topological polar surface area (TPSA) is 69.6 Å². The van der Waals surface area contributed by atoms with Gasteiger partial charge < -0.3 is 15.5 Å². The number of aromatic hydroxyl groups is 2. The number of carbonyl (C=O) groups excluding carboxylic acids is 1. The number of anilines is 1. The largest absolute Gasteiger partial charge is 0.506 e. The van der Waals surface area contributed by atoms with Gasteiger partial charge in [0.15, 0.2) is 0 Å². The Morgan fingerprint density at radius 3 is 2.38 bits per heavy atom. The predicted octanol–water partition coefficient (Wildman–Crippen LogP) is 3.50. The SMILES string of the molecule is O=C(Nc1ccccc1O)c1ccc2ccccc2c1O. The van der Waals surface area contributed by atoms with E-state index in [2.05, 4.69) is 5.32 Å². The molecule has 0 heterocycles. The molecule has 3 aromatic rings. The lowest BCUT2D eigenvalue weighted by molar-refractivity contribution is 0.102. The van der Waals surface area contributed by atoms with Crippen molar-refractivity contribution in [1.82, 2.24) is 0 Å². The van der Waals surface area contributed by atoms with Crippen molar-refractivity contribution < 1.29 is 15.0 Å². The van der Waals surface area contributed by atoms with Crippen molar-refractivity contribution in [3.8, 4) is 11.5 Å². The summed E-state index contributed by atoms with van der Waals surface area (Å²) in [5, 5.41) is 24.0. The van der Waals surface area contributed by atoms with Crippen LogP contribution in [0.25, 0.3) is 10.8 Å². The maximum absolute atomic E-state index is 12.2. The van der Waals surface area contributed by atoms with Crippen molar-refractivity contribution in [2.24, 2.45) is 0 Å². The highest BCUT2D eigenvalue weighted by molar-refractivity contribution is 6.10. The van der Waals surface area contributed by atoms with E-state index in [1.54, 1.807) is 42.5 Å². The highest BCUT2D eigenvalue weighted by Gasteiger charge is 2.14. The first-order chi connectivity index (χ1) is 10.2. The summed E-state index contributed by atoms with van der Waals surface area (Å²) in [6.45, 7) is 0. The van der Waals surface area contributed by atoms with E-state index in [0.29, 0.717) is 11.1 Å². The van der Waals surface area contributed by atoms with Crippen LogP contribution in [0.1, 0.15) is 10.4 Å². The number of amides is 1. The van der Waals surface area contributed by atoms with Crippen LogP contribution in [0.3, 0.4) is 0 Å². The molecule has 3 aromatic carbocycles.